The van der Waals surface area contributed by atoms with Crippen LogP contribution in [0.25, 0.3) is 6.08 Å². The van der Waals surface area contributed by atoms with Crippen molar-refractivity contribution < 1.29 is 9.50 Å². The van der Waals surface area contributed by atoms with E-state index in [2.05, 4.69) is 0 Å². The van der Waals surface area contributed by atoms with Crippen molar-refractivity contribution in [2.24, 2.45) is 0 Å². The van der Waals surface area contributed by atoms with Crippen LogP contribution in [0.15, 0.2) is 24.3 Å². The smallest absolute Gasteiger partial charge is 0.130 e. The van der Waals surface area contributed by atoms with E-state index in [0.29, 0.717) is 17.0 Å². The summed E-state index contributed by atoms with van der Waals surface area (Å²) in [6, 6.07) is 4.61. The van der Waals surface area contributed by atoms with E-state index in [4.69, 9.17) is 16.7 Å². The van der Waals surface area contributed by atoms with Crippen molar-refractivity contribution in [1.29, 1.82) is 0 Å². The molecule has 1 rings (SSSR count). The molecular weight excluding hydrogens is 191 g/mol. The summed E-state index contributed by atoms with van der Waals surface area (Å²) in [7, 11) is 0. The first-order valence-corrected chi connectivity index (χ1v) is 4.43. The van der Waals surface area contributed by atoms with Crippen LogP contribution in [0.2, 0.25) is 0 Å². The van der Waals surface area contributed by atoms with Crippen LogP contribution < -0.4 is 0 Å². The highest BCUT2D eigenvalue weighted by atomic mass is 35.5. The zero-order valence-electron chi connectivity index (χ0n) is 7.00. The fourth-order valence-electron chi connectivity index (χ4n) is 0.976. The van der Waals surface area contributed by atoms with Crippen molar-refractivity contribution >= 4 is 17.7 Å². The van der Waals surface area contributed by atoms with E-state index < -0.39 is 0 Å². The predicted octanol–water partition coefficient (Wildman–Crippen LogP) is 2.57. The molecule has 0 aliphatic rings. The highest BCUT2D eigenvalue weighted by Crippen LogP contribution is 2.12. The molecule has 0 unspecified atom stereocenters. The number of hydrogen-bond donors (Lipinski definition) is 1. The van der Waals surface area contributed by atoms with Gasteiger partial charge in [0.1, 0.15) is 5.82 Å². The Hall–Kier alpha value is -0.860. The second kappa shape index (κ2) is 5.00. The lowest BCUT2D eigenvalue weighted by atomic mass is 10.1. The Morgan fingerprint density at radius 1 is 1.46 bits per heavy atom. The van der Waals surface area contributed by atoms with Crippen LogP contribution in [0.3, 0.4) is 0 Å². The van der Waals surface area contributed by atoms with Gasteiger partial charge in [-0.2, -0.15) is 0 Å². The minimum Gasteiger partial charge on any atom is -0.392 e. The van der Waals surface area contributed by atoms with E-state index in [9.17, 15) is 4.39 Å². The van der Waals surface area contributed by atoms with Crippen LogP contribution in [0.1, 0.15) is 11.1 Å². The molecule has 0 saturated carbocycles. The summed E-state index contributed by atoms with van der Waals surface area (Å²) in [5, 5.41) is 8.72. The molecule has 3 heteroatoms. The molecule has 1 aromatic carbocycles. The number of aliphatic hydroxyl groups excluding tert-OH is 1. The largest absolute Gasteiger partial charge is 0.392 e. The fraction of sp³-hybridized carbons (Fsp3) is 0.200. The molecule has 1 N–H and O–H groups in total. The van der Waals surface area contributed by atoms with E-state index in [1.807, 2.05) is 0 Å². The van der Waals surface area contributed by atoms with Crippen molar-refractivity contribution in [3.05, 3.63) is 41.2 Å². The third kappa shape index (κ3) is 2.83. The summed E-state index contributed by atoms with van der Waals surface area (Å²) in [5.41, 5.74) is 1.05. The SMILES string of the molecule is OCc1ccc(C=CCCl)c(F)c1. The maximum absolute atomic E-state index is 13.2. The first-order chi connectivity index (χ1) is 6.27. The lowest BCUT2D eigenvalue weighted by molar-refractivity contribution is 0.281. The highest BCUT2D eigenvalue weighted by Gasteiger charge is 1.99. The Morgan fingerprint density at radius 3 is 2.77 bits per heavy atom. The summed E-state index contributed by atoms with van der Waals surface area (Å²) < 4.78 is 13.2. The minimum atomic E-state index is -0.340. The number of allylic oxidation sites excluding steroid dienone is 1. The van der Waals surface area contributed by atoms with Crippen LogP contribution >= 0.6 is 11.6 Å². The summed E-state index contributed by atoms with van der Waals surface area (Å²) in [5.74, 6) is 0.0224. The number of hydrogen-bond acceptors (Lipinski definition) is 1. The van der Waals surface area contributed by atoms with Crippen LogP contribution in [0.4, 0.5) is 4.39 Å². The monoisotopic (exact) mass is 200 g/mol. The lowest BCUT2D eigenvalue weighted by Gasteiger charge is -1.99. The third-order valence-corrected chi connectivity index (χ3v) is 1.81. The van der Waals surface area contributed by atoms with Gasteiger partial charge in [0.25, 0.3) is 0 Å². The van der Waals surface area contributed by atoms with Crippen LogP contribution in [-0.4, -0.2) is 11.0 Å². The molecule has 1 aromatic rings. The van der Waals surface area contributed by atoms with Gasteiger partial charge in [0.05, 0.1) is 6.61 Å². The number of aliphatic hydroxyl groups is 1. The molecule has 0 saturated heterocycles. The number of rotatable bonds is 3. The molecule has 1 nitrogen and oxygen atoms in total. The van der Waals surface area contributed by atoms with Gasteiger partial charge in [-0.25, -0.2) is 4.39 Å². The molecule has 0 heterocycles. The molecule has 0 radical (unpaired) electrons. The first-order valence-electron chi connectivity index (χ1n) is 3.89. The quantitative estimate of drug-likeness (QED) is 0.744. The van der Waals surface area contributed by atoms with Gasteiger partial charge in [-0.15, -0.1) is 11.6 Å². The second-order valence-corrected chi connectivity index (χ2v) is 2.88. The van der Waals surface area contributed by atoms with Crippen molar-refractivity contribution in [1.82, 2.24) is 0 Å². The lowest BCUT2D eigenvalue weighted by Crippen LogP contribution is -1.87. The molecule has 0 aliphatic heterocycles. The molecule has 0 bridgehead atoms. The maximum atomic E-state index is 13.2. The predicted molar refractivity (Wildman–Crippen MR) is 52.1 cm³/mol. The molecule has 70 valence electrons. The van der Waals surface area contributed by atoms with E-state index in [1.165, 1.54) is 6.07 Å². The van der Waals surface area contributed by atoms with Crippen LogP contribution in [-0.2, 0) is 6.61 Å². The standard InChI is InChI=1S/C10H10ClFO/c11-5-1-2-9-4-3-8(7-13)6-10(9)12/h1-4,6,13H,5,7H2. The Kier molecular flexibility index (Phi) is 3.93. The van der Waals surface area contributed by atoms with Gasteiger partial charge in [-0.05, 0) is 11.6 Å². The molecule has 0 fully saturated rings. The van der Waals surface area contributed by atoms with Gasteiger partial charge < -0.3 is 5.11 Å². The molecular formula is C10H10ClFO. The topological polar surface area (TPSA) is 20.2 Å². The third-order valence-electron chi connectivity index (χ3n) is 1.63. The Morgan fingerprint density at radius 2 is 2.23 bits per heavy atom. The molecule has 0 spiro atoms. The molecule has 0 amide bonds. The first kappa shape index (κ1) is 10.2. The van der Waals surface area contributed by atoms with Crippen LogP contribution in [0, 0.1) is 5.82 Å². The normalized spacial score (nSPS) is 11.0. The number of alkyl halides is 1. The van der Waals surface area contributed by atoms with Crippen molar-refractivity contribution in [2.45, 2.75) is 6.61 Å². The Bertz CT molecular complexity index is 310. The van der Waals surface area contributed by atoms with Gasteiger partial charge in [0.15, 0.2) is 0 Å². The van der Waals surface area contributed by atoms with Gasteiger partial charge >= 0.3 is 0 Å². The highest BCUT2D eigenvalue weighted by molar-refractivity contribution is 6.19. The summed E-state index contributed by atoms with van der Waals surface area (Å²) in [4.78, 5) is 0. The average Bonchev–Trinajstić information content (AvgIpc) is 2.16. The molecule has 0 atom stereocenters. The molecule has 13 heavy (non-hydrogen) atoms. The second-order valence-electron chi connectivity index (χ2n) is 2.57. The van der Waals surface area contributed by atoms with Gasteiger partial charge in [-0.3, -0.25) is 0 Å². The van der Waals surface area contributed by atoms with Crippen molar-refractivity contribution in [3.63, 3.8) is 0 Å². The van der Waals surface area contributed by atoms with E-state index >= 15 is 0 Å². The zero-order chi connectivity index (χ0) is 9.68. The summed E-state index contributed by atoms with van der Waals surface area (Å²) >= 11 is 5.41. The van der Waals surface area contributed by atoms with Gasteiger partial charge in [0.2, 0.25) is 0 Å². The van der Waals surface area contributed by atoms with Gasteiger partial charge in [-0.1, -0.05) is 24.3 Å². The van der Waals surface area contributed by atoms with Gasteiger partial charge in [0, 0.05) is 11.4 Å². The maximum Gasteiger partial charge on any atom is 0.130 e. The summed E-state index contributed by atoms with van der Waals surface area (Å²) in [6.45, 7) is -0.142. The average molecular weight is 201 g/mol. The minimum absolute atomic E-state index is 0.142. The fourth-order valence-corrected chi connectivity index (χ4v) is 1.06. The summed E-state index contributed by atoms with van der Waals surface area (Å²) in [6.07, 6.45) is 3.28. The zero-order valence-corrected chi connectivity index (χ0v) is 7.76. The Labute approximate surface area is 81.5 Å². The number of benzene rings is 1. The van der Waals surface area contributed by atoms with Crippen LogP contribution in [0.5, 0.6) is 0 Å². The molecule has 0 aromatic heterocycles. The van der Waals surface area contributed by atoms with Crippen molar-refractivity contribution in [2.75, 3.05) is 5.88 Å². The number of halogens is 2. The molecule has 0 aliphatic carbocycles. The van der Waals surface area contributed by atoms with Crippen molar-refractivity contribution in [3.8, 4) is 0 Å². The Balaban J connectivity index is 2.91. The van der Waals surface area contributed by atoms with E-state index in [1.54, 1.807) is 24.3 Å². The van der Waals surface area contributed by atoms with E-state index in [-0.39, 0.29) is 12.4 Å². The van der Waals surface area contributed by atoms with E-state index in [0.717, 1.165) is 0 Å².